The van der Waals surface area contributed by atoms with Crippen LogP contribution < -0.4 is 5.32 Å². The maximum Gasteiger partial charge on any atom is 0.340 e. The molecule has 0 unspecified atom stereocenters. The maximum atomic E-state index is 12.3. The van der Waals surface area contributed by atoms with Crippen LogP contribution in [0.4, 0.5) is 5.69 Å². The maximum absolute atomic E-state index is 12.3. The summed E-state index contributed by atoms with van der Waals surface area (Å²) < 4.78 is 5.18. The van der Waals surface area contributed by atoms with E-state index in [1.54, 1.807) is 6.92 Å². The van der Waals surface area contributed by atoms with Crippen LogP contribution in [0.5, 0.6) is 0 Å². The van der Waals surface area contributed by atoms with Gasteiger partial charge in [-0.1, -0.05) is 48.5 Å². The van der Waals surface area contributed by atoms with Gasteiger partial charge in [0.2, 0.25) is 0 Å². The zero-order valence-electron chi connectivity index (χ0n) is 12.3. The monoisotopic (exact) mass is 281 g/mol. The molecule has 0 fully saturated rings. The van der Waals surface area contributed by atoms with Crippen LogP contribution in [0.15, 0.2) is 66.4 Å². The van der Waals surface area contributed by atoms with Crippen LogP contribution >= 0.6 is 0 Å². The number of allylic oxidation sites excluding steroid dienone is 1. The molecular weight excluding hydrogens is 262 g/mol. The molecule has 0 aromatic heterocycles. The Kier molecular flexibility index (Phi) is 5.16. The molecule has 0 saturated carbocycles. The number of hydrogen-bond donors (Lipinski definition) is 1. The SMILES string of the molecule is CCOC(=O)/C(=C(\C)Nc1ccccc1)c1ccccc1. The van der Waals surface area contributed by atoms with Gasteiger partial charge in [0.25, 0.3) is 0 Å². The summed E-state index contributed by atoms with van der Waals surface area (Å²) in [5.41, 5.74) is 3.11. The van der Waals surface area contributed by atoms with Crippen LogP contribution in [0, 0.1) is 0 Å². The van der Waals surface area contributed by atoms with Crippen LogP contribution in [0.3, 0.4) is 0 Å². The minimum atomic E-state index is -0.315. The molecule has 3 nitrogen and oxygen atoms in total. The molecule has 0 radical (unpaired) electrons. The van der Waals surface area contributed by atoms with Crippen molar-refractivity contribution in [3.05, 3.63) is 71.9 Å². The molecule has 3 heteroatoms. The van der Waals surface area contributed by atoms with Crippen molar-refractivity contribution >= 4 is 17.2 Å². The Morgan fingerprint density at radius 3 is 2.14 bits per heavy atom. The molecule has 2 rings (SSSR count). The third-order valence-corrected chi connectivity index (χ3v) is 3.02. The molecule has 1 N–H and O–H groups in total. The molecule has 2 aromatic carbocycles. The second-order valence-electron chi connectivity index (χ2n) is 4.58. The lowest BCUT2D eigenvalue weighted by molar-refractivity contribution is -0.136. The number of rotatable bonds is 5. The highest BCUT2D eigenvalue weighted by Crippen LogP contribution is 2.22. The lowest BCUT2D eigenvalue weighted by atomic mass is 10.0. The lowest BCUT2D eigenvalue weighted by Gasteiger charge is -2.13. The van der Waals surface area contributed by atoms with Crippen molar-refractivity contribution in [2.45, 2.75) is 13.8 Å². The van der Waals surface area contributed by atoms with Crippen LogP contribution in [0.1, 0.15) is 19.4 Å². The standard InChI is InChI=1S/C18H19NO2/c1-3-21-18(20)17(15-10-6-4-7-11-15)14(2)19-16-12-8-5-9-13-16/h4-13,19H,3H2,1-2H3/b17-14+. The summed E-state index contributed by atoms with van der Waals surface area (Å²) in [4.78, 5) is 12.3. The third kappa shape index (κ3) is 3.96. The van der Waals surface area contributed by atoms with Gasteiger partial charge in [-0.2, -0.15) is 0 Å². The Hall–Kier alpha value is -2.55. The Balaban J connectivity index is 2.38. The van der Waals surface area contributed by atoms with Gasteiger partial charge in [-0.05, 0) is 31.5 Å². The number of esters is 1. The summed E-state index contributed by atoms with van der Waals surface area (Å²) in [6.45, 7) is 4.04. The first-order valence-corrected chi connectivity index (χ1v) is 6.98. The van der Waals surface area contributed by atoms with Crippen molar-refractivity contribution in [3.8, 4) is 0 Å². The van der Waals surface area contributed by atoms with E-state index in [0.717, 1.165) is 16.9 Å². The zero-order chi connectivity index (χ0) is 15.1. The highest BCUT2D eigenvalue weighted by atomic mass is 16.5. The van der Waals surface area contributed by atoms with E-state index in [0.29, 0.717) is 12.2 Å². The van der Waals surface area contributed by atoms with Crippen LogP contribution in [0.2, 0.25) is 0 Å². The summed E-state index contributed by atoms with van der Waals surface area (Å²) in [6.07, 6.45) is 0. The van der Waals surface area contributed by atoms with Crippen molar-refractivity contribution < 1.29 is 9.53 Å². The molecule has 0 heterocycles. The fourth-order valence-electron chi connectivity index (χ4n) is 2.10. The number of anilines is 1. The van der Waals surface area contributed by atoms with E-state index in [2.05, 4.69) is 5.32 Å². The molecule has 0 aliphatic rings. The van der Waals surface area contributed by atoms with E-state index in [1.165, 1.54) is 0 Å². The Labute approximate surface area is 125 Å². The minimum Gasteiger partial charge on any atom is -0.462 e. The summed E-state index contributed by atoms with van der Waals surface area (Å²) in [6, 6.07) is 19.3. The van der Waals surface area contributed by atoms with Crippen LogP contribution in [-0.4, -0.2) is 12.6 Å². The molecule has 0 aliphatic carbocycles. The Bertz CT molecular complexity index is 618. The lowest BCUT2D eigenvalue weighted by Crippen LogP contribution is -2.12. The molecule has 0 spiro atoms. The van der Waals surface area contributed by atoms with Crippen LogP contribution in [-0.2, 0) is 9.53 Å². The summed E-state index contributed by atoms with van der Waals surface area (Å²) in [7, 11) is 0. The molecule has 0 amide bonds. The first-order valence-electron chi connectivity index (χ1n) is 6.98. The molecule has 21 heavy (non-hydrogen) atoms. The number of ether oxygens (including phenoxy) is 1. The van der Waals surface area contributed by atoms with Crippen molar-refractivity contribution in [2.75, 3.05) is 11.9 Å². The second-order valence-corrected chi connectivity index (χ2v) is 4.58. The van der Waals surface area contributed by atoms with Crippen molar-refractivity contribution in [1.29, 1.82) is 0 Å². The fraction of sp³-hybridized carbons (Fsp3) is 0.167. The second kappa shape index (κ2) is 7.29. The average Bonchev–Trinajstić information content (AvgIpc) is 2.50. The molecule has 0 aliphatic heterocycles. The van der Waals surface area contributed by atoms with Crippen LogP contribution in [0.25, 0.3) is 5.57 Å². The molecular formula is C18H19NO2. The summed E-state index contributed by atoms with van der Waals surface area (Å²) in [5, 5.41) is 3.26. The van der Waals surface area contributed by atoms with Gasteiger partial charge in [0, 0.05) is 11.4 Å². The largest absolute Gasteiger partial charge is 0.462 e. The first-order chi connectivity index (χ1) is 10.2. The van der Waals surface area contributed by atoms with Gasteiger partial charge >= 0.3 is 5.97 Å². The summed E-state index contributed by atoms with van der Waals surface area (Å²) in [5.74, 6) is -0.315. The van der Waals surface area contributed by atoms with E-state index in [4.69, 9.17) is 4.74 Å². The van der Waals surface area contributed by atoms with E-state index >= 15 is 0 Å². The number of nitrogens with one attached hydrogen (secondary N) is 1. The topological polar surface area (TPSA) is 38.3 Å². The van der Waals surface area contributed by atoms with E-state index in [-0.39, 0.29) is 5.97 Å². The normalized spacial score (nSPS) is 11.5. The highest BCUT2D eigenvalue weighted by molar-refractivity contribution is 6.17. The average molecular weight is 281 g/mol. The molecule has 0 saturated heterocycles. The molecule has 2 aromatic rings. The van der Waals surface area contributed by atoms with Crippen molar-refractivity contribution in [2.24, 2.45) is 0 Å². The smallest absolute Gasteiger partial charge is 0.340 e. The van der Waals surface area contributed by atoms with Gasteiger partial charge in [-0.25, -0.2) is 4.79 Å². The van der Waals surface area contributed by atoms with E-state index < -0.39 is 0 Å². The summed E-state index contributed by atoms with van der Waals surface area (Å²) >= 11 is 0. The predicted octanol–water partition coefficient (Wildman–Crippen LogP) is 4.09. The zero-order valence-corrected chi connectivity index (χ0v) is 12.3. The minimum absolute atomic E-state index is 0.315. The highest BCUT2D eigenvalue weighted by Gasteiger charge is 2.16. The number of carbonyl (C=O) groups excluding carboxylic acids is 1. The van der Waals surface area contributed by atoms with Gasteiger partial charge < -0.3 is 10.1 Å². The van der Waals surface area contributed by atoms with Gasteiger partial charge in [0.1, 0.15) is 0 Å². The Morgan fingerprint density at radius 1 is 1.00 bits per heavy atom. The van der Waals surface area contributed by atoms with E-state index in [9.17, 15) is 4.79 Å². The first kappa shape index (κ1) is 14.9. The fourth-order valence-corrected chi connectivity index (χ4v) is 2.10. The third-order valence-electron chi connectivity index (χ3n) is 3.02. The number of hydrogen-bond acceptors (Lipinski definition) is 3. The van der Waals surface area contributed by atoms with Gasteiger partial charge in [0.15, 0.2) is 0 Å². The Morgan fingerprint density at radius 2 is 1.57 bits per heavy atom. The van der Waals surface area contributed by atoms with Crippen molar-refractivity contribution in [3.63, 3.8) is 0 Å². The number of benzene rings is 2. The predicted molar refractivity (Wildman–Crippen MR) is 85.7 cm³/mol. The number of para-hydroxylation sites is 1. The van der Waals surface area contributed by atoms with Gasteiger partial charge in [-0.3, -0.25) is 0 Å². The number of carbonyl (C=O) groups is 1. The van der Waals surface area contributed by atoms with E-state index in [1.807, 2.05) is 67.6 Å². The molecule has 0 atom stereocenters. The quantitative estimate of drug-likeness (QED) is 0.662. The van der Waals surface area contributed by atoms with Gasteiger partial charge in [-0.15, -0.1) is 0 Å². The van der Waals surface area contributed by atoms with Gasteiger partial charge in [0.05, 0.1) is 12.2 Å². The van der Waals surface area contributed by atoms with Crippen molar-refractivity contribution in [1.82, 2.24) is 0 Å². The molecule has 108 valence electrons. The molecule has 0 bridgehead atoms.